The summed E-state index contributed by atoms with van der Waals surface area (Å²) in [6.45, 7) is 2.41. The minimum Gasteiger partial charge on any atom is -0.508 e. The summed E-state index contributed by atoms with van der Waals surface area (Å²) in [4.78, 5) is 7.52. The van der Waals surface area contributed by atoms with Crippen LogP contribution in [0.25, 0.3) is 11.0 Å². The molecule has 0 saturated carbocycles. The van der Waals surface area contributed by atoms with Gasteiger partial charge in [0.25, 0.3) is 0 Å². The van der Waals surface area contributed by atoms with E-state index in [0.29, 0.717) is 6.61 Å². The maximum Gasteiger partial charge on any atom is 0.146 e. The number of ether oxygens (including phenoxy) is 1. The highest BCUT2D eigenvalue weighted by Crippen LogP contribution is 2.18. The van der Waals surface area contributed by atoms with E-state index < -0.39 is 0 Å². The molecule has 0 atom stereocenters. The lowest BCUT2D eigenvalue weighted by molar-refractivity contribution is 0.297. The van der Waals surface area contributed by atoms with E-state index in [1.54, 1.807) is 18.2 Å². The van der Waals surface area contributed by atoms with Crippen LogP contribution in [0.3, 0.4) is 0 Å². The molecule has 2 N–H and O–H groups in total. The first-order valence-electron chi connectivity index (χ1n) is 6.08. The smallest absolute Gasteiger partial charge is 0.146 e. The summed E-state index contributed by atoms with van der Waals surface area (Å²) in [5, 5.41) is 9.39. The molecule has 0 aliphatic rings. The molecule has 4 nitrogen and oxygen atoms in total. The number of aryl methyl sites for hydroxylation is 1. The van der Waals surface area contributed by atoms with Crippen molar-refractivity contribution in [2.45, 2.75) is 13.5 Å². The van der Waals surface area contributed by atoms with Gasteiger partial charge in [0.1, 0.15) is 23.9 Å². The molecule has 3 aromatic rings. The Morgan fingerprint density at radius 3 is 2.74 bits per heavy atom. The van der Waals surface area contributed by atoms with Gasteiger partial charge in [0.15, 0.2) is 0 Å². The van der Waals surface area contributed by atoms with Crippen molar-refractivity contribution in [3.63, 3.8) is 0 Å². The minimum absolute atomic E-state index is 0.224. The van der Waals surface area contributed by atoms with Gasteiger partial charge in [0.05, 0.1) is 11.0 Å². The van der Waals surface area contributed by atoms with Crippen molar-refractivity contribution < 1.29 is 9.84 Å². The molecular weight excluding hydrogens is 240 g/mol. The maximum atomic E-state index is 9.39. The molecule has 1 heterocycles. The molecule has 0 saturated heterocycles. The molecule has 0 spiro atoms. The maximum absolute atomic E-state index is 9.39. The Morgan fingerprint density at radius 2 is 1.95 bits per heavy atom. The number of aromatic nitrogens is 2. The number of phenolic OH excluding ortho intramolecular Hbond substituents is 1. The lowest BCUT2D eigenvalue weighted by atomic mass is 10.2. The van der Waals surface area contributed by atoms with Crippen LogP contribution in [-0.4, -0.2) is 15.1 Å². The highest BCUT2D eigenvalue weighted by atomic mass is 16.5. The van der Waals surface area contributed by atoms with Gasteiger partial charge in [0.2, 0.25) is 0 Å². The number of hydrogen-bond donors (Lipinski definition) is 2. The molecule has 0 unspecified atom stereocenters. The SMILES string of the molecule is Cc1ccc(OCc2nc3ccc(O)cc3[nH]2)cc1. The second kappa shape index (κ2) is 4.65. The predicted octanol–water partition coefficient (Wildman–Crippen LogP) is 3.16. The van der Waals surface area contributed by atoms with E-state index in [0.717, 1.165) is 22.6 Å². The zero-order valence-corrected chi connectivity index (χ0v) is 10.6. The van der Waals surface area contributed by atoms with Crippen molar-refractivity contribution in [2.24, 2.45) is 0 Å². The first-order valence-corrected chi connectivity index (χ1v) is 6.08. The Bertz CT molecular complexity index is 702. The van der Waals surface area contributed by atoms with Crippen LogP contribution in [0, 0.1) is 6.92 Å². The van der Waals surface area contributed by atoms with Crippen molar-refractivity contribution in [2.75, 3.05) is 0 Å². The Morgan fingerprint density at radius 1 is 1.16 bits per heavy atom. The summed E-state index contributed by atoms with van der Waals surface area (Å²) in [5.74, 6) is 1.78. The summed E-state index contributed by atoms with van der Waals surface area (Å²) < 4.78 is 5.65. The van der Waals surface area contributed by atoms with Crippen LogP contribution in [0.1, 0.15) is 11.4 Å². The molecule has 0 radical (unpaired) electrons. The molecule has 0 aliphatic heterocycles. The van der Waals surface area contributed by atoms with E-state index in [1.165, 1.54) is 5.56 Å². The van der Waals surface area contributed by atoms with Gasteiger partial charge in [-0.1, -0.05) is 17.7 Å². The number of H-pyrrole nitrogens is 1. The predicted molar refractivity (Wildman–Crippen MR) is 73.3 cm³/mol. The van der Waals surface area contributed by atoms with E-state index in [1.807, 2.05) is 31.2 Å². The lowest BCUT2D eigenvalue weighted by Gasteiger charge is -2.03. The van der Waals surface area contributed by atoms with Crippen molar-refractivity contribution in [3.05, 3.63) is 53.9 Å². The third kappa shape index (κ3) is 2.52. The molecule has 2 aromatic carbocycles. The van der Waals surface area contributed by atoms with E-state index in [4.69, 9.17) is 4.74 Å². The number of phenols is 1. The van der Waals surface area contributed by atoms with E-state index in [-0.39, 0.29) is 5.75 Å². The monoisotopic (exact) mass is 254 g/mol. The molecule has 96 valence electrons. The number of imidazole rings is 1. The first-order chi connectivity index (χ1) is 9.20. The van der Waals surface area contributed by atoms with Gasteiger partial charge in [0, 0.05) is 6.07 Å². The van der Waals surface area contributed by atoms with Crippen LogP contribution < -0.4 is 4.74 Å². The normalized spacial score (nSPS) is 10.8. The topological polar surface area (TPSA) is 58.1 Å². The first kappa shape index (κ1) is 11.6. The lowest BCUT2D eigenvalue weighted by Crippen LogP contribution is -1.97. The fourth-order valence-electron chi connectivity index (χ4n) is 1.90. The number of benzene rings is 2. The molecule has 1 aromatic heterocycles. The van der Waals surface area contributed by atoms with Crippen LogP contribution in [0.4, 0.5) is 0 Å². The number of aromatic amines is 1. The molecule has 19 heavy (non-hydrogen) atoms. The number of hydrogen-bond acceptors (Lipinski definition) is 3. The van der Waals surface area contributed by atoms with Crippen LogP contribution in [0.15, 0.2) is 42.5 Å². The molecule has 4 heteroatoms. The van der Waals surface area contributed by atoms with Gasteiger partial charge < -0.3 is 14.8 Å². The van der Waals surface area contributed by atoms with Crippen molar-refractivity contribution in [3.8, 4) is 11.5 Å². The quantitative estimate of drug-likeness (QED) is 0.754. The number of aromatic hydroxyl groups is 1. The zero-order chi connectivity index (χ0) is 13.2. The Hall–Kier alpha value is -2.49. The zero-order valence-electron chi connectivity index (χ0n) is 10.6. The fraction of sp³-hybridized carbons (Fsp3) is 0.133. The minimum atomic E-state index is 0.224. The van der Waals surface area contributed by atoms with Gasteiger partial charge in [-0.25, -0.2) is 4.98 Å². The fourth-order valence-corrected chi connectivity index (χ4v) is 1.90. The Balaban J connectivity index is 1.76. The summed E-state index contributed by atoms with van der Waals surface area (Å²) in [5.41, 5.74) is 2.83. The Labute approximate surface area is 110 Å². The summed E-state index contributed by atoms with van der Waals surface area (Å²) >= 11 is 0. The van der Waals surface area contributed by atoms with Crippen LogP contribution in [0.5, 0.6) is 11.5 Å². The standard InChI is InChI=1S/C15H14N2O2/c1-10-2-5-12(6-3-10)19-9-15-16-13-7-4-11(18)8-14(13)17-15/h2-8,18H,9H2,1H3,(H,16,17). The van der Waals surface area contributed by atoms with Crippen molar-refractivity contribution >= 4 is 11.0 Å². The average molecular weight is 254 g/mol. The molecule has 0 aliphatic carbocycles. The van der Waals surface area contributed by atoms with E-state index in [2.05, 4.69) is 9.97 Å². The summed E-state index contributed by atoms with van der Waals surface area (Å²) in [6, 6.07) is 12.9. The van der Waals surface area contributed by atoms with Crippen LogP contribution in [-0.2, 0) is 6.61 Å². The average Bonchev–Trinajstić information content (AvgIpc) is 2.80. The third-order valence-corrected chi connectivity index (χ3v) is 2.91. The number of nitrogens with one attached hydrogen (secondary N) is 1. The third-order valence-electron chi connectivity index (χ3n) is 2.91. The summed E-state index contributed by atoms with van der Waals surface area (Å²) in [7, 11) is 0. The van der Waals surface area contributed by atoms with Crippen molar-refractivity contribution in [1.29, 1.82) is 0 Å². The van der Waals surface area contributed by atoms with E-state index >= 15 is 0 Å². The van der Waals surface area contributed by atoms with Gasteiger partial charge in [-0.2, -0.15) is 0 Å². The largest absolute Gasteiger partial charge is 0.508 e. The summed E-state index contributed by atoms with van der Waals surface area (Å²) in [6.07, 6.45) is 0. The van der Waals surface area contributed by atoms with Gasteiger partial charge in [-0.3, -0.25) is 0 Å². The molecule has 0 fully saturated rings. The van der Waals surface area contributed by atoms with Gasteiger partial charge >= 0.3 is 0 Å². The van der Waals surface area contributed by atoms with E-state index in [9.17, 15) is 5.11 Å². The molecule has 0 amide bonds. The molecule has 3 rings (SSSR count). The number of rotatable bonds is 3. The van der Waals surface area contributed by atoms with Crippen molar-refractivity contribution in [1.82, 2.24) is 9.97 Å². The van der Waals surface area contributed by atoms with Gasteiger partial charge in [-0.05, 0) is 31.2 Å². The molecule has 0 bridgehead atoms. The second-order valence-electron chi connectivity index (χ2n) is 4.49. The highest BCUT2D eigenvalue weighted by Gasteiger charge is 2.04. The highest BCUT2D eigenvalue weighted by molar-refractivity contribution is 5.76. The van der Waals surface area contributed by atoms with Crippen LogP contribution in [0.2, 0.25) is 0 Å². The number of fused-ring (bicyclic) bond motifs is 1. The van der Waals surface area contributed by atoms with Crippen LogP contribution >= 0.6 is 0 Å². The Kier molecular flexibility index (Phi) is 2.83. The molecular formula is C15H14N2O2. The second-order valence-corrected chi connectivity index (χ2v) is 4.49. The van der Waals surface area contributed by atoms with Gasteiger partial charge in [-0.15, -0.1) is 0 Å². The number of nitrogens with zero attached hydrogens (tertiary/aromatic N) is 1.